The lowest BCUT2D eigenvalue weighted by Gasteiger charge is -2.38. The number of piperazine rings is 1. The van der Waals surface area contributed by atoms with Crippen LogP contribution in [0.5, 0.6) is 0 Å². The number of H-pyrrole nitrogens is 1. The molecule has 1 aliphatic carbocycles. The van der Waals surface area contributed by atoms with Gasteiger partial charge in [0.25, 0.3) is 0 Å². The molecular formula is C28H31N7O. The Kier molecular flexibility index (Phi) is 6.19. The van der Waals surface area contributed by atoms with Crippen molar-refractivity contribution in [3.8, 4) is 11.3 Å². The van der Waals surface area contributed by atoms with Crippen LogP contribution in [0.4, 0.5) is 0 Å². The number of benzene rings is 1. The number of nitrogens with one attached hydrogen (secondary N) is 1. The van der Waals surface area contributed by atoms with Crippen molar-refractivity contribution in [3.05, 3.63) is 71.7 Å². The molecule has 1 saturated carbocycles. The Hall–Kier alpha value is -3.65. The summed E-state index contributed by atoms with van der Waals surface area (Å²) in [7, 11) is 0. The number of hydrogen-bond acceptors (Lipinski definition) is 6. The molecule has 1 aromatic carbocycles. The third-order valence-electron chi connectivity index (χ3n) is 7.40. The summed E-state index contributed by atoms with van der Waals surface area (Å²) in [5.41, 5.74) is 7.06. The lowest BCUT2D eigenvalue weighted by atomic mass is 9.84. The molecule has 2 fully saturated rings. The first-order chi connectivity index (χ1) is 17.6. The van der Waals surface area contributed by atoms with E-state index in [9.17, 15) is 4.79 Å². The van der Waals surface area contributed by atoms with Gasteiger partial charge in [0.15, 0.2) is 0 Å². The Balaban J connectivity index is 1.10. The summed E-state index contributed by atoms with van der Waals surface area (Å²) in [6, 6.07) is 12.4. The minimum absolute atomic E-state index is 0.292. The zero-order valence-corrected chi connectivity index (χ0v) is 20.7. The first kappa shape index (κ1) is 22.8. The van der Waals surface area contributed by atoms with E-state index in [1.165, 1.54) is 12.0 Å². The van der Waals surface area contributed by atoms with Gasteiger partial charge in [-0.2, -0.15) is 0 Å². The molecule has 1 saturated heterocycles. The van der Waals surface area contributed by atoms with Crippen molar-refractivity contribution in [2.24, 2.45) is 5.92 Å². The minimum Gasteiger partial charge on any atom is -0.342 e. The standard InChI is InChI=1S/C28H31N7O/c1-19-13-25(31-18-30-19)22-5-6-24-26(15-22)33-27(32-24)16-23-14-20(7-8-29-23)17-34-9-11-35(12-10-34)28(36)21-3-2-4-21/h5-8,13-15,18,21H,2-4,9-12,16-17H2,1H3,(H,32,33). The molecule has 0 atom stereocenters. The molecule has 184 valence electrons. The Morgan fingerprint density at radius 1 is 1.03 bits per heavy atom. The quantitative estimate of drug-likeness (QED) is 0.451. The molecule has 0 unspecified atom stereocenters. The van der Waals surface area contributed by atoms with Gasteiger partial charge in [0.05, 0.1) is 16.7 Å². The lowest BCUT2D eigenvalue weighted by Crippen LogP contribution is -2.50. The topological polar surface area (TPSA) is 90.9 Å². The molecule has 8 heteroatoms. The molecule has 6 rings (SSSR count). The molecule has 8 nitrogen and oxygen atoms in total. The predicted octanol–water partition coefficient (Wildman–Crippen LogP) is 3.76. The molecule has 1 aliphatic heterocycles. The molecule has 2 aliphatic rings. The van der Waals surface area contributed by atoms with Gasteiger partial charge in [-0.1, -0.05) is 12.5 Å². The van der Waals surface area contributed by atoms with E-state index in [0.29, 0.717) is 18.2 Å². The Bertz CT molecular complexity index is 1390. The largest absolute Gasteiger partial charge is 0.342 e. The molecule has 0 spiro atoms. The molecule has 4 heterocycles. The second-order valence-electron chi connectivity index (χ2n) is 10.0. The SMILES string of the molecule is Cc1cc(-c2ccc3nc(Cc4cc(CN5CCN(C(=O)C6CCC6)CC5)ccn4)[nH]c3c2)ncn1. The van der Waals surface area contributed by atoms with Crippen LogP contribution in [0.2, 0.25) is 0 Å². The fourth-order valence-electron chi connectivity index (χ4n) is 5.11. The number of pyridine rings is 1. The number of aromatic nitrogens is 5. The third-order valence-corrected chi connectivity index (χ3v) is 7.40. The zero-order valence-electron chi connectivity index (χ0n) is 20.7. The van der Waals surface area contributed by atoms with Crippen LogP contribution in [0, 0.1) is 12.8 Å². The van der Waals surface area contributed by atoms with Gasteiger partial charge >= 0.3 is 0 Å². The van der Waals surface area contributed by atoms with E-state index < -0.39 is 0 Å². The molecule has 3 aromatic heterocycles. The molecule has 1 amide bonds. The van der Waals surface area contributed by atoms with Crippen molar-refractivity contribution >= 4 is 16.9 Å². The van der Waals surface area contributed by atoms with Gasteiger partial charge in [-0.15, -0.1) is 0 Å². The summed E-state index contributed by atoms with van der Waals surface area (Å²) in [6.45, 7) is 6.37. The summed E-state index contributed by atoms with van der Waals surface area (Å²) in [5.74, 6) is 1.56. The predicted molar refractivity (Wildman–Crippen MR) is 138 cm³/mol. The van der Waals surface area contributed by atoms with Crippen LogP contribution < -0.4 is 0 Å². The van der Waals surface area contributed by atoms with Crippen LogP contribution in [-0.4, -0.2) is 66.8 Å². The van der Waals surface area contributed by atoms with Crippen molar-refractivity contribution in [1.29, 1.82) is 0 Å². The minimum atomic E-state index is 0.292. The number of carbonyl (C=O) groups excluding carboxylic acids is 1. The first-order valence-electron chi connectivity index (χ1n) is 12.8. The summed E-state index contributed by atoms with van der Waals surface area (Å²) >= 11 is 0. The Morgan fingerprint density at radius 3 is 2.67 bits per heavy atom. The second-order valence-corrected chi connectivity index (χ2v) is 10.0. The van der Waals surface area contributed by atoms with Crippen LogP contribution in [0.15, 0.2) is 48.9 Å². The number of imidazole rings is 1. The van der Waals surface area contributed by atoms with E-state index >= 15 is 0 Å². The van der Waals surface area contributed by atoms with E-state index in [0.717, 1.165) is 85.1 Å². The van der Waals surface area contributed by atoms with E-state index in [1.807, 2.05) is 31.3 Å². The summed E-state index contributed by atoms with van der Waals surface area (Å²) < 4.78 is 0. The van der Waals surface area contributed by atoms with Crippen molar-refractivity contribution in [2.75, 3.05) is 26.2 Å². The maximum Gasteiger partial charge on any atom is 0.225 e. The van der Waals surface area contributed by atoms with Crippen LogP contribution in [0.25, 0.3) is 22.3 Å². The number of amides is 1. The van der Waals surface area contributed by atoms with Gasteiger partial charge in [-0.05, 0) is 55.7 Å². The van der Waals surface area contributed by atoms with Crippen LogP contribution in [0.1, 0.15) is 42.0 Å². The first-order valence-corrected chi connectivity index (χ1v) is 12.8. The monoisotopic (exact) mass is 481 g/mol. The van der Waals surface area contributed by atoms with Crippen molar-refractivity contribution in [1.82, 2.24) is 34.7 Å². The maximum absolute atomic E-state index is 12.5. The average Bonchev–Trinajstić information content (AvgIpc) is 3.25. The van der Waals surface area contributed by atoms with Gasteiger partial charge in [0, 0.05) is 68.2 Å². The van der Waals surface area contributed by atoms with E-state index in [2.05, 4.69) is 47.9 Å². The van der Waals surface area contributed by atoms with E-state index in [1.54, 1.807) is 6.33 Å². The molecule has 36 heavy (non-hydrogen) atoms. The Morgan fingerprint density at radius 2 is 1.89 bits per heavy atom. The number of fused-ring (bicyclic) bond motifs is 1. The van der Waals surface area contributed by atoms with Crippen LogP contribution in [-0.2, 0) is 17.8 Å². The highest BCUT2D eigenvalue weighted by atomic mass is 16.2. The molecule has 0 radical (unpaired) electrons. The summed E-state index contributed by atoms with van der Waals surface area (Å²) in [4.78, 5) is 38.4. The van der Waals surface area contributed by atoms with Gasteiger partial charge in [-0.3, -0.25) is 14.7 Å². The fourth-order valence-corrected chi connectivity index (χ4v) is 5.11. The number of aryl methyl sites for hydroxylation is 1. The smallest absolute Gasteiger partial charge is 0.225 e. The molecule has 4 aromatic rings. The molecule has 0 bridgehead atoms. The van der Waals surface area contributed by atoms with Gasteiger partial charge in [0.1, 0.15) is 12.2 Å². The van der Waals surface area contributed by atoms with E-state index in [-0.39, 0.29) is 0 Å². The number of hydrogen-bond donors (Lipinski definition) is 1. The number of aromatic amines is 1. The highest BCUT2D eigenvalue weighted by Crippen LogP contribution is 2.28. The fraction of sp³-hybridized carbons (Fsp3) is 0.393. The second kappa shape index (κ2) is 9.78. The van der Waals surface area contributed by atoms with Crippen molar-refractivity contribution < 1.29 is 4.79 Å². The van der Waals surface area contributed by atoms with Gasteiger partial charge < -0.3 is 9.88 Å². The number of nitrogens with zero attached hydrogens (tertiary/aromatic N) is 6. The maximum atomic E-state index is 12.5. The van der Waals surface area contributed by atoms with Crippen molar-refractivity contribution in [2.45, 2.75) is 39.2 Å². The molecule has 1 N–H and O–H groups in total. The normalized spacial score (nSPS) is 16.9. The highest BCUT2D eigenvalue weighted by molar-refractivity contribution is 5.81. The molecular weight excluding hydrogens is 450 g/mol. The van der Waals surface area contributed by atoms with E-state index in [4.69, 9.17) is 4.98 Å². The van der Waals surface area contributed by atoms with Crippen LogP contribution in [0.3, 0.4) is 0 Å². The Labute approximate surface area is 210 Å². The number of rotatable bonds is 6. The van der Waals surface area contributed by atoms with Crippen molar-refractivity contribution in [3.63, 3.8) is 0 Å². The zero-order chi connectivity index (χ0) is 24.5. The summed E-state index contributed by atoms with van der Waals surface area (Å²) in [5, 5.41) is 0. The highest BCUT2D eigenvalue weighted by Gasteiger charge is 2.31. The lowest BCUT2D eigenvalue weighted by molar-refractivity contribution is -0.140. The number of carbonyl (C=O) groups is 1. The van der Waals surface area contributed by atoms with Gasteiger partial charge in [0.2, 0.25) is 5.91 Å². The van der Waals surface area contributed by atoms with Crippen LogP contribution >= 0.6 is 0 Å². The summed E-state index contributed by atoms with van der Waals surface area (Å²) in [6.07, 6.45) is 7.49. The van der Waals surface area contributed by atoms with Gasteiger partial charge in [-0.25, -0.2) is 15.0 Å². The third kappa shape index (κ3) is 4.86. The average molecular weight is 482 g/mol.